The van der Waals surface area contributed by atoms with Crippen LogP contribution in [-0.2, 0) is 29.9 Å². The number of rotatable bonds is 14. The normalized spacial score (nSPS) is 17.7. The molecule has 0 fully saturated rings. The number of likely N-dealkylation sites (N-methyl/N-ethyl adjacent to an activating group) is 1. The standard InChI is InChI=1S/C47H49N3O10/c1-28(51)59-24-22-49-38-18-12-33(44(55)56)26-36(38)46(3,4)40(49)20-14-30-8-9-31(42(30)48(7)35-16-10-32(11-17-35)43(53)54)15-21-41-47(5,6)37-27-34(45(57)58)13-19-39(37)50(41)23-25-60-29(2)52/h10-21,26-27H,8-9,22-25H2,1-7H3,(H2-,53,54,55,56,57,58)/p+1. The Labute approximate surface area is 348 Å². The molecule has 13 nitrogen and oxygen atoms in total. The van der Waals surface area contributed by atoms with Gasteiger partial charge in [0.2, 0.25) is 5.69 Å². The number of hydrogen-bond acceptors (Lipinski definition) is 9. The van der Waals surface area contributed by atoms with E-state index in [-0.39, 0.29) is 29.9 Å². The number of carbonyl (C=O) groups is 5. The van der Waals surface area contributed by atoms with E-state index in [0.717, 1.165) is 56.4 Å². The van der Waals surface area contributed by atoms with Gasteiger partial charge in [-0.3, -0.25) is 9.59 Å². The van der Waals surface area contributed by atoms with Crippen LogP contribution in [0.1, 0.15) is 96.6 Å². The number of esters is 2. The molecule has 6 rings (SSSR count). The Morgan fingerprint density at radius 1 is 0.733 bits per heavy atom. The largest absolute Gasteiger partial charge is 0.478 e. The van der Waals surface area contributed by atoms with Crippen molar-refractivity contribution in [3.05, 3.63) is 135 Å². The third-order valence-corrected chi connectivity index (χ3v) is 11.5. The summed E-state index contributed by atoms with van der Waals surface area (Å²) in [6, 6.07) is 16.8. The molecule has 2 aliphatic heterocycles. The van der Waals surface area contributed by atoms with Crippen molar-refractivity contribution < 1.29 is 53.3 Å². The van der Waals surface area contributed by atoms with Crippen LogP contribution in [0.4, 0.5) is 17.1 Å². The Balaban J connectivity index is 1.48. The van der Waals surface area contributed by atoms with Gasteiger partial charge in [0.15, 0.2) is 18.9 Å². The van der Waals surface area contributed by atoms with Crippen LogP contribution in [0.15, 0.2) is 108 Å². The van der Waals surface area contributed by atoms with Crippen molar-refractivity contribution in [1.82, 2.24) is 0 Å². The first kappa shape index (κ1) is 42.8. The molecule has 0 saturated heterocycles. The molecule has 13 heteroatoms. The van der Waals surface area contributed by atoms with Crippen molar-refractivity contribution in [2.24, 2.45) is 0 Å². The quantitative estimate of drug-likeness (QED) is 0.107. The number of carboxylic acids is 3. The van der Waals surface area contributed by atoms with E-state index in [2.05, 4.69) is 21.6 Å². The second-order valence-electron chi connectivity index (χ2n) is 16.1. The van der Waals surface area contributed by atoms with E-state index in [4.69, 9.17) is 9.47 Å². The van der Waals surface area contributed by atoms with E-state index in [1.807, 2.05) is 51.8 Å². The average molecular weight is 817 g/mol. The SMILES string of the molecule is CC(=O)OCCN1/C(=C\C=C2/CCC(/C=C/C3=[N+](CCOC(C)=O)c4ccc(C(=O)O)cc4C3(C)C)=C2N(C)c2ccc(C(=O)O)cc2)C(C)(C)c2cc(C(=O)O)ccc21. The van der Waals surface area contributed by atoms with Crippen molar-refractivity contribution in [2.45, 2.75) is 65.2 Å². The van der Waals surface area contributed by atoms with Gasteiger partial charge in [-0.15, -0.1) is 0 Å². The molecule has 3 N–H and O–H groups in total. The Kier molecular flexibility index (Phi) is 12.0. The monoisotopic (exact) mass is 816 g/mol. The van der Waals surface area contributed by atoms with E-state index in [0.29, 0.717) is 25.9 Å². The molecule has 0 saturated carbocycles. The van der Waals surface area contributed by atoms with Gasteiger partial charge in [0.05, 0.1) is 28.7 Å². The topological polar surface area (TPSA) is 174 Å². The molecule has 0 unspecified atom stereocenters. The third-order valence-electron chi connectivity index (χ3n) is 11.5. The molecule has 3 aromatic rings. The zero-order chi connectivity index (χ0) is 43.7. The van der Waals surface area contributed by atoms with Crippen LogP contribution in [-0.4, -0.2) is 88.8 Å². The number of allylic oxidation sites excluding steroid dienone is 7. The van der Waals surface area contributed by atoms with Crippen LogP contribution >= 0.6 is 0 Å². The smallest absolute Gasteiger partial charge is 0.335 e. The lowest BCUT2D eigenvalue weighted by Gasteiger charge is -2.27. The molecule has 0 amide bonds. The number of carboxylic acid groups (broad SMARTS) is 3. The second-order valence-corrected chi connectivity index (χ2v) is 16.1. The molecule has 2 heterocycles. The maximum Gasteiger partial charge on any atom is 0.335 e. The molecule has 0 aromatic heterocycles. The van der Waals surface area contributed by atoms with Crippen molar-refractivity contribution in [3.8, 4) is 0 Å². The predicted molar refractivity (Wildman–Crippen MR) is 227 cm³/mol. The lowest BCUT2D eigenvalue weighted by atomic mass is 9.80. The van der Waals surface area contributed by atoms with E-state index < -0.39 is 40.7 Å². The molecule has 1 aliphatic carbocycles. The van der Waals surface area contributed by atoms with Gasteiger partial charge in [0, 0.05) is 66.8 Å². The maximum absolute atomic E-state index is 12.0. The number of nitrogens with zero attached hydrogens (tertiary/aromatic N) is 3. The first-order chi connectivity index (χ1) is 28.3. The summed E-state index contributed by atoms with van der Waals surface area (Å²) in [5, 5.41) is 29.2. The molecule has 60 heavy (non-hydrogen) atoms. The van der Waals surface area contributed by atoms with Gasteiger partial charge in [-0.25, -0.2) is 14.4 Å². The summed E-state index contributed by atoms with van der Waals surface area (Å²) in [5.74, 6) is -3.88. The first-order valence-electron chi connectivity index (χ1n) is 19.7. The van der Waals surface area contributed by atoms with Crippen molar-refractivity contribution >= 4 is 52.6 Å². The summed E-state index contributed by atoms with van der Waals surface area (Å²) >= 11 is 0. The Bertz CT molecular complexity index is 2450. The third kappa shape index (κ3) is 8.38. The fourth-order valence-electron chi connectivity index (χ4n) is 8.44. The van der Waals surface area contributed by atoms with Crippen LogP contribution in [0.5, 0.6) is 0 Å². The van der Waals surface area contributed by atoms with Gasteiger partial charge < -0.3 is 34.6 Å². The number of ether oxygens (including phenoxy) is 2. The van der Waals surface area contributed by atoms with Gasteiger partial charge in [-0.1, -0.05) is 26.0 Å². The van der Waals surface area contributed by atoms with E-state index >= 15 is 0 Å². The van der Waals surface area contributed by atoms with Crippen LogP contribution in [0, 0.1) is 0 Å². The summed E-state index contributed by atoms with van der Waals surface area (Å²) in [4.78, 5) is 63.3. The minimum absolute atomic E-state index is 0.128. The fourth-order valence-corrected chi connectivity index (χ4v) is 8.44. The van der Waals surface area contributed by atoms with E-state index in [1.54, 1.807) is 60.7 Å². The van der Waals surface area contributed by atoms with Crippen molar-refractivity contribution in [2.75, 3.05) is 43.2 Å². The molecule has 0 spiro atoms. The number of hydrogen-bond donors (Lipinski definition) is 3. The van der Waals surface area contributed by atoms with Crippen LogP contribution in [0.3, 0.4) is 0 Å². The minimum Gasteiger partial charge on any atom is -0.478 e. The van der Waals surface area contributed by atoms with E-state index in [1.165, 1.54) is 13.8 Å². The molecule has 3 aliphatic rings. The zero-order valence-electron chi connectivity index (χ0n) is 34.9. The lowest BCUT2D eigenvalue weighted by Crippen LogP contribution is -2.29. The molecule has 3 aromatic carbocycles. The predicted octanol–water partition coefficient (Wildman–Crippen LogP) is 7.63. The van der Waals surface area contributed by atoms with Gasteiger partial charge in [0.1, 0.15) is 6.61 Å². The van der Waals surface area contributed by atoms with Crippen LogP contribution in [0.25, 0.3) is 0 Å². The molecule has 0 atom stereocenters. The highest BCUT2D eigenvalue weighted by Gasteiger charge is 2.45. The summed E-state index contributed by atoms with van der Waals surface area (Å²) in [5.41, 5.74) is 8.06. The number of aromatic carboxylic acids is 3. The number of carbonyl (C=O) groups excluding carboxylic acids is 2. The summed E-state index contributed by atoms with van der Waals surface area (Å²) in [6.07, 6.45) is 9.55. The maximum atomic E-state index is 12.0. The first-order valence-corrected chi connectivity index (χ1v) is 19.7. The number of benzene rings is 3. The highest BCUT2D eigenvalue weighted by Crippen LogP contribution is 2.49. The summed E-state index contributed by atoms with van der Waals surface area (Å²) < 4.78 is 12.7. The number of fused-ring (bicyclic) bond motifs is 2. The van der Waals surface area contributed by atoms with Gasteiger partial charge in [-0.2, -0.15) is 4.58 Å². The van der Waals surface area contributed by atoms with Crippen LogP contribution in [0.2, 0.25) is 0 Å². The zero-order valence-corrected chi connectivity index (χ0v) is 34.9. The van der Waals surface area contributed by atoms with Gasteiger partial charge in [-0.05, 0) is 104 Å². The highest BCUT2D eigenvalue weighted by molar-refractivity contribution is 6.04. The highest BCUT2D eigenvalue weighted by atomic mass is 16.5. The Morgan fingerprint density at radius 3 is 1.93 bits per heavy atom. The molecular weight excluding hydrogens is 767 g/mol. The Morgan fingerprint density at radius 2 is 1.32 bits per heavy atom. The van der Waals surface area contributed by atoms with Gasteiger partial charge in [0.25, 0.3) is 0 Å². The molecule has 0 radical (unpaired) electrons. The van der Waals surface area contributed by atoms with Crippen LogP contribution < -0.4 is 9.80 Å². The second kappa shape index (κ2) is 16.8. The van der Waals surface area contributed by atoms with Crippen molar-refractivity contribution in [1.29, 1.82) is 0 Å². The van der Waals surface area contributed by atoms with Gasteiger partial charge >= 0.3 is 29.8 Å². The van der Waals surface area contributed by atoms with E-state index in [9.17, 15) is 39.3 Å². The average Bonchev–Trinajstić information content (AvgIpc) is 3.76. The Hall–Kier alpha value is -6.76. The molecule has 312 valence electrons. The summed E-state index contributed by atoms with van der Waals surface area (Å²) in [7, 11) is 1.93. The number of anilines is 2. The summed E-state index contributed by atoms with van der Waals surface area (Å²) in [6.45, 7) is 11.8. The molecular formula is C47H50N3O10+. The minimum atomic E-state index is -1.03. The lowest BCUT2D eigenvalue weighted by molar-refractivity contribution is -0.440. The van der Waals surface area contributed by atoms with Crippen molar-refractivity contribution in [3.63, 3.8) is 0 Å². The fraction of sp³-hybridized carbons (Fsp3) is 0.319. The molecule has 0 bridgehead atoms.